The second-order valence-corrected chi connectivity index (χ2v) is 10.2. The Kier molecular flexibility index (Phi) is 5.49. The zero-order valence-electron chi connectivity index (χ0n) is 17.6. The van der Waals surface area contributed by atoms with Crippen molar-refractivity contribution in [3.63, 3.8) is 0 Å². The predicted molar refractivity (Wildman–Crippen MR) is 117 cm³/mol. The van der Waals surface area contributed by atoms with Gasteiger partial charge in [0.25, 0.3) is 5.91 Å². The van der Waals surface area contributed by atoms with Gasteiger partial charge in [0, 0.05) is 0 Å². The van der Waals surface area contributed by atoms with E-state index in [1.54, 1.807) is 12.1 Å². The minimum absolute atomic E-state index is 0.0440. The van der Waals surface area contributed by atoms with Gasteiger partial charge >= 0.3 is 0 Å². The van der Waals surface area contributed by atoms with E-state index in [0.717, 1.165) is 30.2 Å². The monoisotopic (exact) mass is 428 g/mol. The van der Waals surface area contributed by atoms with Gasteiger partial charge in [0.15, 0.2) is 6.10 Å². The molecule has 0 saturated heterocycles. The molecule has 4 rings (SSSR count). The van der Waals surface area contributed by atoms with Crippen LogP contribution in [0.15, 0.2) is 36.4 Å². The number of fused-ring (bicyclic) bond motifs is 2. The Morgan fingerprint density at radius 3 is 2.60 bits per heavy atom. The fraction of sp³-hybridized carbons (Fsp3) is 0.435. The highest BCUT2D eigenvalue weighted by molar-refractivity contribution is 7.92. The lowest BCUT2D eigenvalue weighted by atomic mass is 9.89. The van der Waals surface area contributed by atoms with Crippen LogP contribution < -0.4 is 14.4 Å². The highest BCUT2D eigenvalue weighted by Crippen LogP contribution is 2.36. The van der Waals surface area contributed by atoms with Crippen molar-refractivity contribution in [3.8, 4) is 5.75 Å². The van der Waals surface area contributed by atoms with Gasteiger partial charge in [0.2, 0.25) is 10.0 Å². The van der Waals surface area contributed by atoms with Gasteiger partial charge in [-0.2, -0.15) is 0 Å². The molecule has 2 aromatic carbocycles. The van der Waals surface area contributed by atoms with Gasteiger partial charge in [0.1, 0.15) is 5.75 Å². The fourth-order valence-corrected chi connectivity index (χ4v) is 5.14. The van der Waals surface area contributed by atoms with Crippen molar-refractivity contribution >= 4 is 21.6 Å². The lowest BCUT2D eigenvalue weighted by molar-refractivity contribution is -0.128. The zero-order valence-corrected chi connectivity index (χ0v) is 18.5. The SMILES string of the molecule is Cc1ccc2c(c1)O[C@@H](C(=O)N[C@@H](C)c1ccc3c(c1)CCCC3)CN2S(C)(=O)=O. The van der Waals surface area contributed by atoms with Crippen molar-refractivity contribution in [3.05, 3.63) is 58.7 Å². The highest BCUT2D eigenvalue weighted by Gasteiger charge is 2.35. The maximum Gasteiger partial charge on any atom is 0.263 e. The third-order valence-corrected chi connectivity index (χ3v) is 7.06. The van der Waals surface area contributed by atoms with Crippen LogP contribution in [0.1, 0.15) is 48.1 Å². The van der Waals surface area contributed by atoms with Crippen LogP contribution in [0.25, 0.3) is 0 Å². The molecule has 6 nitrogen and oxygen atoms in total. The van der Waals surface area contributed by atoms with E-state index < -0.39 is 16.1 Å². The van der Waals surface area contributed by atoms with E-state index in [0.29, 0.717) is 11.4 Å². The summed E-state index contributed by atoms with van der Waals surface area (Å²) < 4.78 is 31.8. The summed E-state index contributed by atoms with van der Waals surface area (Å²) in [7, 11) is -3.54. The van der Waals surface area contributed by atoms with E-state index >= 15 is 0 Å². The molecule has 1 heterocycles. The van der Waals surface area contributed by atoms with Crippen LogP contribution in [0, 0.1) is 6.92 Å². The van der Waals surface area contributed by atoms with Crippen molar-refractivity contribution < 1.29 is 17.9 Å². The van der Waals surface area contributed by atoms with Gasteiger partial charge < -0.3 is 10.1 Å². The molecule has 0 spiro atoms. The molecule has 0 saturated carbocycles. The Morgan fingerprint density at radius 1 is 1.13 bits per heavy atom. The van der Waals surface area contributed by atoms with Crippen LogP contribution in [0.4, 0.5) is 5.69 Å². The van der Waals surface area contributed by atoms with Crippen LogP contribution in [0.2, 0.25) is 0 Å². The van der Waals surface area contributed by atoms with E-state index in [9.17, 15) is 13.2 Å². The second kappa shape index (κ2) is 7.95. The van der Waals surface area contributed by atoms with Crippen molar-refractivity contribution in [2.45, 2.75) is 51.7 Å². The number of ether oxygens (including phenoxy) is 1. The smallest absolute Gasteiger partial charge is 0.263 e. The van der Waals surface area contributed by atoms with Crippen molar-refractivity contribution in [1.82, 2.24) is 5.32 Å². The molecule has 0 aromatic heterocycles. The summed E-state index contributed by atoms with van der Waals surface area (Å²) in [6, 6.07) is 11.5. The van der Waals surface area contributed by atoms with Crippen LogP contribution in [0.3, 0.4) is 0 Å². The standard InChI is InChI=1S/C23H28N2O4S/c1-15-8-11-20-21(12-15)29-22(14-25(20)30(3,27)28)23(26)24-16(2)18-10-9-17-6-4-5-7-19(17)13-18/h8-13,16,22H,4-7,14H2,1-3H3,(H,24,26)/t16-,22+/m0/s1. The number of amides is 1. The molecule has 30 heavy (non-hydrogen) atoms. The fourth-order valence-electron chi connectivity index (χ4n) is 4.22. The first kappa shape index (κ1) is 20.7. The summed E-state index contributed by atoms with van der Waals surface area (Å²) in [5.41, 5.74) is 5.22. The number of carbonyl (C=O) groups is 1. The quantitative estimate of drug-likeness (QED) is 0.811. The Labute approximate surface area is 178 Å². The molecule has 1 N–H and O–H groups in total. The van der Waals surface area contributed by atoms with Crippen molar-refractivity contribution in [2.75, 3.05) is 17.1 Å². The molecular weight excluding hydrogens is 400 g/mol. The minimum Gasteiger partial charge on any atom is -0.476 e. The number of hydrogen-bond acceptors (Lipinski definition) is 4. The zero-order chi connectivity index (χ0) is 21.5. The van der Waals surface area contributed by atoms with Gasteiger partial charge in [-0.3, -0.25) is 9.10 Å². The third kappa shape index (κ3) is 4.17. The summed E-state index contributed by atoms with van der Waals surface area (Å²) in [5, 5.41) is 3.00. The molecule has 7 heteroatoms. The first-order valence-corrected chi connectivity index (χ1v) is 12.2. The topological polar surface area (TPSA) is 75.7 Å². The minimum atomic E-state index is -3.54. The normalized spacial score (nSPS) is 19.3. The summed E-state index contributed by atoms with van der Waals surface area (Å²) in [6.07, 6.45) is 4.87. The lowest BCUT2D eigenvalue weighted by Gasteiger charge is -2.34. The maximum absolute atomic E-state index is 13.0. The molecule has 2 aliphatic rings. The summed E-state index contributed by atoms with van der Waals surface area (Å²) in [6.45, 7) is 3.80. The predicted octanol–water partition coefficient (Wildman–Crippen LogP) is 3.28. The number of rotatable bonds is 4. The van der Waals surface area contributed by atoms with E-state index in [1.807, 2.05) is 19.9 Å². The molecular formula is C23H28N2O4S. The number of nitrogens with one attached hydrogen (secondary N) is 1. The molecule has 2 aromatic rings. The molecule has 1 aliphatic heterocycles. The average Bonchev–Trinajstić information content (AvgIpc) is 2.71. The van der Waals surface area contributed by atoms with Crippen molar-refractivity contribution in [2.24, 2.45) is 0 Å². The van der Waals surface area contributed by atoms with Gasteiger partial charge in [-0.05, 0) is 73.9 Å². The van der Waals surface area contributed by atoms with Crippen LogP contribution >= 0.6 is 0 Å². The van der Waals surface area contributed by atoms with E-state index in [-0.39, 0.29) is 18.5 Å². The van der Waals surface area contributed by atoms with Crippen LogP contribution in [-0.4, -0.2) is 33.2 Å². The summed E-state index contributed by atoms with van der Waals surface area (Å²) >= 11 is 0. The Hall–Kier alpha value is -2.54. The first-order chi connectivity index (χ1) is 14.2. The molecule has 0 fully saturated rings. The molecule has 1 amide bonds. The van der Waals surface area contributed by atoms with Crippen LogP contribution in [0.5, 0.6) is 5.75 Å². The molecule has 1 aliphatic carbocycles. The molecule has 0 bridgehead atoms. The molecule has 160 valence electrons. The number of nitrogens with zero attached hydrogens (tertiary/aromatic N) is 1. The number of benzene rings is 2. The van der Waals surface area contributed by atoms with Crippen LogP contribution in [-0.2, 0) is 27.7 Å². The third-order valence-electron chi connectivity index (χ3n) is 5.91. The number of anilines is 1. The number of carbonyl (C=O) groups excluding carboxylic acids is 1. The number of hydrogen-bond donors (Lipinski definition) is 1. The molecule has 0 radical (unpaired) electrons. The summed E-state index contributed by atoms with van der Waals surface area (Å²) in [5.74, 6) is 0.0919. The van der Waals surface area contributed by atoms with Gasteiger partial charge in [-0.15, -0.1) is 0 Å². The van der Waals surface area contributed by atoms with Crippen molar-refractivity contribution in [1.29, 1.82) is 0 Å². The van der Waals surface area contributed by atoms with E-state index in [2.05, 4.69) is 23.5 Å². The lowest BCUT2D eigenvalue weighted by Crippen LogP contribution is -2.50. The molecule has 2 atom stereocenters. The first-order valence-electron chi connectivity index (χ1n) is 10.4. The summed E-state index contributed by atoms with van der Waals surface area (Å²) in [4.78, 5) is 13.0. The Morgan fingerprint density at radius 2 is 1.87 bits per heavy atom. The largest absolute Gasteiger partial charge is 0.476 e. The van der Waals surface area contributed by atoms with Gasteiger partial charge in [-0.25, -0.2) is 8.42 Å². The Balaban J connectivity index is 1.53. The molecule has 0 unspecified atom stereocenters. The van der Waals surface area contributed by atoms with Gasteiger partial charge in [-0.1, -0.05) is 24.3 Å². The second-order valence-electron chi connectivity index (χ2n) is 8.34. The average molecular weight is 429 g/mol. The van der Waals surface area contributed by atoms with E-state index in [1.165, 1.54) is 28.3 Å². The number of aryl methyl sites for hydroxylation is 3. The number of sulfonamides is 1. The Bertz CT molecular complexity index is 1080. The maximum atomic E-state index is 13.0. The van der Waals surface area contributed by atoms with E-state index in [4.69, 9.17) is 4.74 Å². The van der Waals surface area contributed by atoms with Gasteiger partial charge in [0.05, 0.1) is 24.5 Å². The highest BCUT2D eigenvalue weighted by atomic mass is 32.2.